The van der Waals surface area contributed by atoms with Gasteiger partial charge in [-0.1, -0.05) is 11.6 Å². The third-order valence-electron chi connectivity index (χ3n) is 2.43. The fourth-order valence-corrected chi connectivity index (χ4v) is 1.79. The van der Waals surface area contributed by atoms with Crippen LogP contribution in [0.5, 0.6) is 0 Å². The minimum atomic E-state index is -1.15. The fraction of sp³-hybridized carbons (Fsp3) is 0.0909. The van der Waals surface area contributed by atoms with Crippen LogP contribution in [0.2, 0.25) is 5.02 Å². The van der Waals surface area contributed by atoms with Gasteiger partial charge in [0.2, 0.25) is 0 Å². The van der Waals surface area contributed by atoms with Crippen LogP contribution in [0.4, 0.5) is 5.69 Å². The molecule has 98 valence electrons. The SMILES string of the molecule is O=C(O)c1ccn(Cc2cc(Cl)ccc2[N+](=O)[O-])n1. The zero-order valence-corrected chi connectivity index (χ0v) is 10.2. The number of nitro benzene ring substituents is 1. The predicted molar refractivity (Wildman–Crippen MR) is 66.4 cm³/mol. The van der Waals surface area contributed by atoms with E-state index in [1.807, 2.05) is 0 Å². The number of nitro groups is 1. The molecule has 0 radical (unpaired) electrons. The van der Waals surface area contributed by atoms with E-state index in [1.54, 1.807) is 0 Å². The van der Waals surface area contributed by atoms with Crippen molar-refractivity contribution in [3.8, 4) is 0 Å². The van der Waals surface area contributed by atoms with E-state index in [0.29, 0.717) is 10.6 Å². The summed E-state index contributed by atoms with van der Waals surface area (Å²) in [6.45, 7) is 0.0736. The topological polar surface area (TPSA) is 98.3 Å². The summed E-state index contributed by atoms with van der Waals surface area (Å²) >= 11 is 5.80. The van der Waals surface area contributed by atoms with Crippen LogP contribution in [-0.4, -0.2) is 25.8 Å². The standard InChI is InChI=1S/C11H8ClN3O4/c12-8-1-2-10(15(18)19)7(5-8)6-14-4-3-9(13-14)11(16)17/h1-5H,6H2,(H,16,17). The molecular formula is C11H8ClN3O4. The zero-order valence-electron chi connectivity index (χ0n) is 9.49. The Hall–Kier alpha value is -2.41. The van der Waals surface area contributed by atoms with Crippen molar-refractivity contribution in [3.05, 3.63) is 56.9 Å². The molecule has 0 unspecified atom stereocenters. The Morgan fingerprint density at radius 1 is 1.47 bits per heavy atom. The van der Waals surface area contributed by atoms with Crippen molar-refractivity contribution in [2.75, 3.05) is 0 Å². The number of carbonyl (C=O) groups is 1. The lowest BCUT2D eigenvalue weighted by Gasteiger charge is -2.04. The quantitative estimate of drug-likeness (QED) is 0.684. The third kappa shape index (κ3) is 2.89. The van der Waals surface area contributed by atoms with Crippen LogP contribution in [0.3, 0.4) is 0 Å². The molecule has 2 rings (SSSR count). The van der Waals surface area contributed by atoms with Gasteiger partial charge in [-0.05, 0) is 18.2 Å². The maximum atomic E-state index is 10.9. The maximum Gasteiger partial charge on any atom is 0.356 e. The summed E-state index contributed by atoms with van der Waals surface area (Å²) < 4.78 is 1.31. The molecule has 7 nitrogen and oxygen atoms in total. The number of aromatic nitrogens is 2. The van der Waals surface area contributed by atoms with Crippen LogP contribution in [0.15, 0.2) is 30.5 Å². The van der Waals surface area contributed by atoms with Crippen molar-refractivity contribution >= 4 is 23.3 Å². The molecule has 1 N–H and O–H groups in total. The minimum absolute atomic E-state index is 0.0736. The summed E-state index contributed by atoms with van der Waals surface area (Å²) in [5, 5.41) is 23.8. The molecule has 0 fully saturated rings. The molecule has 2 aromatic rings. The van der Waals surface area contributed by atoms with E-state index in [9.17, 15) is 14.9 Å². The van der Waals surface area contributed by atoms with E-state index in [-0.39, 0.29) is 17.9 Å². The molecule has 0 bridgehead atoms. The van der Waals surface area contributed by atoms with Crippen molar-refractivity contribution in [2.24, 2.45) is 0 Å². The molecule has 1 aromatic carbocycles. The first kappa shape index (κ1) is 13.0. The Kier molecular flexibility index (Phi) is 3.48. The first-order valence-corrected chi connectivity index (χ1v) is 5.55. The summed E-state index contributed by atoms with van der Waals surface area (Å²) in [5.74, 6) is -1.15. The fourth-order valence-electron chi connectivity index (χ4n) is 1.60. The predicted octanol–water partition coefficient (Wildman–Crippen LogP) is 2.19. The molecule has 0 aliphatic carbocycles. The van der Waals surface area contributed by atoms with Crippen molar-refractivity contribution in [2.45, 2.75) is 6.54 Å². The Labute approximate surface area is 112 Å². The molecule has 1 heterocycles. The zero-order chi connectivity index (χ0) is 14.0. The highest BCUT2D eigenvalue weighted by molar-refractivity contribution is 6.30. The van der Waals surface area contributed by atoms with Crippen molar-refractivity contribution < 1.29 is 14.8 Å². The summed E-state index contributed by atoms with van der Waals surface area (Å²) in [6.07, 6.45) is 1.44. The number of hydrogen-bond donors (Lipinski definition) is 1. The second-order valence-electron chi connectivity index (χ2n) is 3.73. The molecule has 1 aromatic heterocycles. The van der Waals surface area contributed by atoms with Gasteiger partial charge in [-0.25, -0.2) is 4.79 Å². The number of rotatable bonds is 4. The van der Waals surface area contributed by atoms with Gasteiger partial charge in [0.25, 0.3) is 5.69 Å². The lowest BCUT2D eigenvalue weighted by atomic mass is 10.2. The number of hydrogen-bond acceptors (Lipinski definition) is 4. The average molecular weight is 282 g/mol. The number of halogens is 1. The van der Waals surface area contributed by atoms with E-state index >= 15 is 0 Å². The Morgan fingerprint density at radius 3 is 2.79 bits per heavy atom. The normalized spacial score (nSPS) is 10.4. The van der Waals surface area contributed by atoms with Crippen molar-refractivity contribution in [1.29, 1.82) is 0 Å². The largest absolute Gasteiger partial charge is 0.476 e. The minimum Gasteiger partial charge on any atom is -0.476 e. The molecular weight excluding hydrogens is 274 g/mol. The highest BCUT2D eigenvalue weighted by atomic mass is 35.5. The number of benzene rings is 1. The second kappa shape index (κ2) is 5.07. The highest BCUT2D eigenvalue weighted by Crippen LogP contribution is 2.23. The van der Waals surface area contributed by atoms with E-state index in [1.165, 1.54) is 35.1 Å². The maximum absolute atomic E-state index is 10.9. The van der Waals surface area contributed by atoms with Gasteiger partial charge in [-0.2, -0.15) is 5.10 Å². The monoisotopic (exact) mass is 281 g/mol. The van der Waals surface area contributed by atoms with Gasteiger partial charge in [0.05, 0.1) is 17.0 Å². The van der Waals surface area contributed by atoms with Crippen LogP contribution in [0.25, 0.3) is 0 Å². The number of aromatic carboxylic acids is 1. The Bertz CT molecular complexity index is 653. The van der Waals surface area contributed by atoms with Gasteiger partial charge in [0.15, 0.2) is 5.69 Å². The van der Waals surface area contributed by atoms with E-state index in [0.717, 1.165) is 0 Å². The lowest BCUT2D eigenvalue weighted by molar-refractivity contribution is -0.385. The van der Waals surface area contributed by atoms with Crippen molar-refractivity contribution in [1.82, 2.24) is 9.78 Å². The molecule has 0 aliphatic heterocycles. The second-order valence-corrected chi connectivity index (χ2v) is 4.17. The van der Waals surface area contributed by atoms with E-state index in [2.05, 4.69) is 5.10 Å². The summed E-state index contributed by atoms with van der Waals surface area (Å²) in [5.41, 5.74) is 0.152. The van der Waals surface area contributed by atoms with Crippen molar-refractivity contribution in [3.63, 3.8) is 0 Å². The van der Waals surface area contributed by atoms with E-state index in [4.69, 9.17) is 16.7 Å². The smallest absolute Gasteiger partial charge is 0.356 e. The van der Waals surface area contributed by atoms with Gasteiger partial charge in [0, 0.05) is 17.3 Å². The molecule has 19 heavy (non-hydrogen) atoms. The highest BCUT2D eigenvalue weighted by Gasteiger charge is 2.15. The van der Waals surface area contributed by atoms with Crippen LogP contribution in [0.1, 0.15) is 16.1 Å². The summed E-state index contributed by atoms with van der Waals surface area (Å²) in [7, 11) is 0. The van der Waals surface area contributed by atoms with Crippen LogP contribution in [0, 0.1) is 10.1 Å². The molecule has 0 atom stereocenters. The Balaban J connectivity index is 2.33. The first-order chi connectivity index (χ1) is 8.97. The summed E-state index contributed by atoms with van der Waals surface area (Å²) in [6, 6.07) is 5.51. The molecule has 0 spiro atoms. The third-order valence-corrected chi connectivity index (χ3v) is 2.67. The van der Waals surface area contributed by atoms with Gasteiger partial charge in [0.1, 0.15) is 0 Å². The number of carboxylic acid groups (broad SMARTS) is 1. The van der Waals surface area contributed by atoms with Gasteiger partial charge in [-0.3, -0.25) is 14.8 Å². The molecule has 8 heteroatoms. The van der Waals surface area contributed by atoms with Crippen LogP contribution >= 0.6 is 11.6 Å². The molecule has 0 amide bonds. The Morgan fingerprint density at radius 2 is 2.21 bits per heavy atom. The molecule has 0 aliphatic rings. The average Bonchev–Trinajstić information content (AvgIpc) is 2.77. The lowest BCUT2D eigenvalue weighted by Crippen LogP contribution is -2.06. The molecule has 0 saturated carbocycles. The number of nitrogens with zero attached hydrogens (tertiary/aromatic N) is 3. The van der Waals surface area contributed by atoms with E-state index < -0.39 is 10.9 Å². The number of carboxylic acids is 1. The van der Waals surface area contributed by atoms with Gasteiger partial charge >= 0.3 is 5.97 Å². The first-order valence-electron chi connectivity index (χ1n) is 5.17. The van der Waals surface area contributed by atoms with Gasteiger partial charge < -0.3 is 5.11 Å². The molecule has 0 saturated heterocycles. The van der Waals surface area contributed by atoms with Crippen LogP contribution < -0.4 is 0 Å². The van der Waals surface area contributed by atoms with Crippen LogP contribution in [-0.2, 0) is 6.54 Å². The van der Waals surface area contributed by atoms with Gasteiger partial charge in [-0.15, -0.1) is 0 Å². The summed E-state index contributed by atoms with van der Waals surface area (Å²) in [4.78, 5) is 21.0.